The molecule has 4 rings (SSSR count). The summed E-state index contributed by atoms with van der Waals surface area (Å²) in [6.45, 7) is 3.58. The average molecular weight is 480 g/mol. The number of aryl methyl sites for hydroxylation is 1. The highest BCUT2D eigenvalue weighted by molar-refractivity contribution is 5.93. The van der Waals surface area contributed by atoms with Crippen molar-refractivity contribution in [3.05, 3.63) is 42.0 Å². The van der Waals surface area contributed by atoms with E-state index in [1.807, 2.05) is 11.9 Å². The number of hydrogen-bond donors (Lipinski definition) is 2. The van der Waals surface area contributed by atoms with Gasteiger partial charge in [0.2, 0.25) is 5.91 Å². The number of ether oxygens (including phenoxy) is 2. The summed E-state index contributed by atoms with van der Waals surface area (Å²) in [5.74, 6) is 1.50. The molecule has 3 aromatic rings. The molecule has 0 bridgehead atoms. The zero-order chi connectivity index (χ0) is 25.0. The first-order valence-corrected chi connectivity index (χ1v) is 11.3. The first-order valence-electron chi connectivity index (χ1n) is 11.3. The SMILES string of the molecule is COc1ncc(NC(=O)CN(C)c2nc(-c3cc(OCC(C)(C)O)ccn3)nc3c2CCC3)cn1. The second-order valence-corrected chi connectivity index (χ2v) is 8.99. The largest absolute Gasteiger partial charge is 0.490 e. The van der Waals surface area contributed by atoms with Crippen LogP contribution in [0.1, 0.15) is 31.5 Å². The molecule has 11 nitrogen and oxygen atoms in total. The number of rotatable bonds is 9. The van der Waals surface area contributed by atoms with Crippen molar-refractivity contribution >= 4 is 17.4 Å². The van der Waals surface area contributed by atoms with Crippen molar-refractivity contribution in [3.8, 4) is 23.3 Å². The number of methoxy groups -OCH3 is 1. The van der Waals surface area contributed by atoms with Gasteiger partial charge in [0.15, 0.2) is 5.82 Å². The van der Waals surface area contributed by atoms with Gasteiger partial charge in [0.25, 0.3) is 0 Å². The lowest BCUT2D eigenvalue weighted by atomic mass is 10.2. The molecular formula is C24H29N7O4. The maximum atomic E-state index is 12.7. The number of nitrogens with zero attached hydrogens (tertiary/aromatic N) is 6. The van der Waals surface area contributed by atoms with Crippen LogP contribution in [0.4, 0.5) is 11.5 Å². The average Bonchev–Trinajstić information content (AvgIpc) is 3.31. The zero-order valence-corrected chi connectivity index (χ0v) is 20.3. The minimum absolute atomic E-state index is 0.0804. The molecule has 0 spiro atoms. The van der Waals surface area contributed by atoms with Gasteiger partial charge in [-0.2, -0.15) is 0 Å². The number of aromatic nitrogens is 5. The molecule has 0 unspecified atom stereocenters. The van der Waals surface area contributed by atoms with Crippen LogP contribution >= 0.6 is 0 Å². The van der Waals surface area contributed by atoms with Crippen LogP contribution in [0.15, 0.2) is 30.7 Å². The molecule has 0 aromatic carbocycles. The number of amides is 1. The van der Waals surface area contributed by atoms with E-state index in [0.29, 0.717) is 28.8 Å². The fourth-order valence-corrected chi connectivity index (χ4v) is 3.70. The topological polar surface area (TPSA) is 135 Å². The molecule has 0 saturated carbocycles. The Labute approximate surface area is 203 Å². The highest BCUT2D eigenvalue weighted by atomic mass is 16.5. The molecular weight excluding hydrogens is 450 g/mol. The summed E-state index contributed by atoms with van der Waals surface area (Å²) >= 11 is 0. The van der Waals surface area contributed by atoms with E-state index in [1.54, 1.807) is 32.2 Å². The molecule has 11 heteroatoms. The van der Waals surface area contributed by atoms with Gasteiger partial charge in [-0.05, 0) is 39.2 Å². The molecule has 3 heterocycles. The van der Waals surface area contributed by atoms with Gasteiger partial charge in [-0.15, -0.1) is 0 Å². The van der Waals surface area contributed by atoms with Gasteiger partial charge in [0, 0.05) is 30.6 Å². The van der Waals surface area contributed by atoms with Crippen molar-refractivity contribution in [3.63, 3.8) is 0 Å². The van der Waals surface area contributed by atoms with Gasteiger partial charge in [-0.25, -0.2) is 19.9 Å². The third kappa shape index (κ3) is 6.18. The summed E-state index contributed by atoms with van der Waals surface area (Å²) in [6.07, 6.45) is 7.28. The summed E-state index contributed by atoms with van der Waals surface area (Å²) in [5.41, 5.74) is 2.09. The number of aliphatic hydroxyl groups is 1. The molecule has 1 aliphatic rings. The predicted octanol–water partition coefficient (Wildman–Crippen LogP) is 2.05. The minimum Gasteiger partial charge on any atom is -0.490 e. The van der Waals surface area contributed by atoms with E-state index in [2.05, 4.69) is 20.3 Å². The lowest BCUT2D eigenvalue weighted by Gasteiger charge is -2.21. The third-order valence-corrected chi connectivity index (χ3v) is 5.30. The number of likely N-dealkylation sites (N-methyl/N-ethyl adjacent to an activating group) is 1. The third-order valence-electron chi connectivity index (χ3n) is 5.30. The highest BCUT2D eigenvalue weighted by Crippen LogP contribution is 2.31. The molecule has 1 amide bonds. The zero-order valence-electron chi connectivity index (χ0n) is 20.3. The van der Waals surface area contributed by atoms with Crippen LogP contribution in [0.5, 0.6) is 11.8 Å². The Bertz CT molecular complexity index is 1200. The number of fused-ring (bicyclic) bond motifs is 1. The van der Waals surface area contributed by atoms with Crippen LogP contribution in [0.2, 0.25) is 0 Å². The van der Waals surface area contributed by atoms with E-state index in [4.69, 9.17) is 19.4 Å². The number of nitrogens with one attached hydrogen (secondary N) is 1. The number of carbonyl (C=O) groups is 1. The molecule has 1 aliphatic carbocycles. The van der Waals surface area contributed by atoms with E-state index in [1.165, 1.54) is 19.5 Å². The second kappa shape index (κ2) is 10.2. The van der Waals surface area contributed by atoms with E-state index in [0.717, 1.165) is 30.5 Å². The van der Waals surface area contributed by atoms with Crippen LogP contribution in [0.3, 0.4) is 0 Å². The highest BCUT2D eigenvalue weighted by Gasteiger charge is 2.24. The molecule has 0 fully saturated rings. The van der Waals surface area contributed by atoms with Crippen molar-refractivity contribution in [1.82, 2.24) is 24.9 Å². The molecule has 0 atom stereocenters. The second-order valence-electron chi connectivity index (χ2n) is 8.99. The van der Waals surface area contributed by atoms with Gasteiger partial charge < -0.3 is 24.8 Å². The normalized spacial score (nSPS) is 12.7. The van der Waals surface area contributed by atoms with Gasteiger partial charge in [-0.3, -0.25) is 9.78 Å². The fraction of sp³-hybridized carbons (Fsp3) is 0.417. The van der Waals surface area contributed by atoms with Crippen molar-refractivity contribution in [2.24, 2.45) is 0 Å². The number of pyridine rings is 1. The monoisotopic (exact) mass is 479 g/mol. The lowest BCUT2D eigenvalue weighted by Crippen LogP contribution is -2.31. The molecule has 2 N–H and O–H groups in total. The Kier molecular flexibility index (Phi) is 7.06. The van der Waals surface area contributed by atoms with Crippen molar-refractivity contribution < 1.29 is 19.4 Å². The van der Waals surface area contributed by atoms with E-state index in [9.17, 15) is 9.90 Å². The summed E-state index contributed by atoms with van der Waals surface area (Å²) in [5, 5.41) is 12.7. The molecule has 0 radical (unpaired) electrons. The Morgan fingerprint density at radius 1 is 1.20 bits per heavy atom. The standard InChI is InChI=1S/C24H29N7O4/c1-24(2,33)14-35-16-8-9-25-19(10-16)21-29-18-7-5-6-17(18)22(30-21)31(3)13-20(32)28-15-11-26-23(34-4)27-12-15/h8-12,33H,5-7,13-14H2,1-4H3,(H,28,32). The first kappa shape index (κ1) is 24.3. The van der Waals surface area contributed by atoms with E-state index in [-0.39, 0.29) is 25.1 Å². The Hall–Kier alpha value is -3.86. The first-order chi connectivity index (χ1) is 16.7. The summed E-state index contributed by atoms with van der Waals surface area (Å²) in [6, 6.07) is 3.71. The van der Waals surface area contributed by atoms with Crippen LogP contribution < -0.4 is 19.7 Å². The van der Waals surface area contributed by atoms with E-state index >= 15 is 0 Å². The number of carbonyl (C=O) groups excluding carboxylic acids is 1. The maximum Gasteiger partial charge on any atom is 0.316 e. The quantitative estimate of drug-likeness (QED) is 0.469. The molecule has 35 heavy (non-hydrogen) atoms. The Morgan fingerprint density at radius 3 is 2.69 bits per heavy atom. The van der Waals surface area contributed by atoms with Crippen molar-refractivity contribution in [2.45, 2.75) is 38.7 Å². The smallest absolute Gasteiger partial charge is 0.316 e. The van der Waals surface area contributed by atoms with Crippen LogP contribution in [0.25, 0.3) is 11.5 Å². The number of hydrogen-bond acceptors (Lipinski definition) is 10. The number of anilines is 2. The van der Waals surface area contributed by atoms with Crippen LogP contribution in [0, 0.1) is 0 Å². The fourth-order valence-electron chi connectivity index (χ4n) is 3.70. The van der Waals surface area contributed by atoms with E-state index < -0.39 is 5.60 Å². The molecule has 0 saturated heterocycles. The van der Waals surface area contributed by atoms with Gasteiger partial charge in [-0.1, -0.05) is 0 Å². The maximum absolute atomic E-state index is 12.7. The van der Waals surface area contributed by atoms with Crippen LogP contribution in [-0.2, 0) is 17.6 Å². The van der Waals surface area contributed by atoms with Gasteiger partial charge in [0.05, 0.1) is 37.3 Å². The van der Waals surface area contributed by atoms with Gasteiger partial charge >= 0.3 is 6.01 Å². The lowest BCUT2D eigenvalue weighted by molar-refractivity contribution is -0.114. The molecule has 0 aliphatic heterocycles. The Balaban J connectivity index is 1.53. The minimum atomic E-state index is -0.956. The summed E-state index contributed by atoms with van der Waals surface area (Å²) in [7, 11) is 3.30. The van der Waals surface area contributed by atoms with Crippen molar-refractivity contribution in [1.29, 1.82) is 0 Å². The molecule has 184 valence electrons. The summed E-state index contributed by atoms with van der Waals surface area (Å²) < 4.78 is 10.6. The molecule has 3 aromatic heterocycles. The summed E-state index contributed by atoms with van der Waals surface area (Å²) in [4.78, 5) is 36.4. The predicted molar refractivity (Wildman–Crippen MR) is 130 cm³/mol. The Morgan fingerprint density at radius 2 is 1.97 bits per heavy atom. The van der Waals surface area contributed by atoms with Crippen LogP contribution in [-0.4, -0.2) is 68.8 Å². The van der Waals surface area contributed by atoms with Gasteiger partial charge in [0.1, 0.15) is 23.9 Å². The van der Waals surface area contributed by atoms with Crippen molar-refractivity contribution in [2.75, 3.05) is 37.5 Å².